The highest BCUT2D eigenvalue weighted by atomic mass is 32.2. The Kier molecular flexibility index (Phi) is 6.39. The molecule has 5 nitrogen and oxygen atoms in total. The quantitative estimate of drug-likeness (QED) is 0.677. The normalized spacial score (nSPS) is 19.5. The molecule has 1 unspecified atom stereocenters. The van der Waals surface area contributed by atoms with Crippen LogP contribution in [0.2, 0.25) is 0 Å². The zero-order valence-electron chi connectivity index (χ0n) is 15.4. The van der Waals surface area contributed by atoms with E-state index in [0.717, 1.165) is 31.3 Å². The molecule has 0 aliphatic carbocycles. The maximum absolute atomic E-state index is 4.91. The van der Waals surface area contributed by atoms with Crippen LogP contribution >= 0.6 is 11.8 Å². The molecule has 0 spiro atoms. The predicted molar refractivity (Wildman–Crippen MR) is 100 cm³/mol. The van der Waals surface area contributed by atoms with Crippen molar-refractivity contribution in [3.63, 3.8) is 0 Å². The van der Waals surface area contributed by atoms with Crippen molar-refractivity contribution in [3.8, 4) is 0 Å². The highest BCUT2D eigenvalue weighted by molar-refractivity contribution is 8.00. The molecule has 1 fully saturated rings. The summed E-state index contributed by atoms with van der Waals surface area (Å²) in [4.78, 5) is 7.33. The number of guanidine groups is 1. The van der Waals surface area contributed by atoms with Crippen molar-refractivity contribution in [2.45, 2.75) is 46.4 Å². The Morgan fingerprint density at radius 2 is 2.17 bits per heavy atom. The number of aryl methyl sites for hydroxylation is 2. The van der Waals surface area contributed by atoms with Gasteiger partial charge in [0.05, 0.1) is 12.2 Å². The van der Waals surface area contributed by atoms with Gasteiger partial charge in [-0.1, -0.05) is 13.8 Å². The van der Waals surface area contributed by atoms with Crippen LogP contribution in [0.1, 0.15) is 37.7 Å². The predicted octanol–water partition coefficient (Wildman–Crippen LogP) is 2.58. The SMILES string of the molecule is CCNC(=NCc1c(C)nn(C)c1C)N1CCSC(C(C)C)C1. The molecule has 130 valence electrons. The van der Waals surface area contributed by atoms with Crippen molar-refractivity contribution in [2.24, 2.45) is 18.0 Å². The zero-order chi connectivity index (χ0) is 17.0. The minimum atomic E-state index is 0.689. The smallest absolute Gasteiger partial charge is 0.194 e. The van der Waals surface area contributed by atoms with Crippen LogP contribution in [0.5, 0.6) is 0 Å². The van der Waals surface area contributed by atoms with E-state index in [1.807, 2.05) is 11.7 Å². The van der Waals surface area contributed by atoms with Crippen LogP contribution in [-0.2, 0) is 13.6 Å². The van der Waals surface area contributed by atoms with Gasteiger partial charge in [0.2, 0.25) is 0 Å². The van der Waals surface area contributed by atoms with Gasteiger partial charge < -0.3 is 10.2 Å². The fourth-order valence-corrected chi connectivity index (χ4v) is 4.20. The van der Waals surface area contributed by atoms with E-state index in [4.69, 9.17) is 4.99 Å². The Morgan fingerprint density at radius 3 is 2.74 bits per heavy atom. The van der Waals surface area contributed by atoms with Crippen LogP contribution in [0, 0.1) is 19.8 Å². The second-order valence-corrected chi connectivity index (χ2v) is 7.89. The summed E-state index contributed by atoms with van der Waals surface area (Å²) in [6.45, 7) is 14.7. The first-order valence-electron chi connectivity index (χ1n) is 8.58. The number of aliphatic imine (C=N–C) groups is 1. The first-order valence-corrected chi connectivity index (χ1v) is 9.62. The molecule has 1 saturated heterocycles. The molecule has 1 aliphatic heterocycles. The minimum Gasteiger partial charge on any atom is -0.357 e. The maximum Gasteiger partial charge on any atom is 0.194 e. The molecule has 1 aliphatic rings. The van der Waals surface area contributed by atoms with Gasteiger partial charge >= 0.3 is 0 Å². The zero-order valence-corrected chi connectivity index (χ0v) is 16.2. The summed E-state index contributed by atoms with van der Waals surface area (Å²) >= 11 is 2.10. The summed E-state index contributed by atoms with van der Waals surface area (Å²) in [7, 11) is 2.00. The van der Waals surface area contributed by atoms with Crippen molar-refractivity contribution in [1.29, 1.82) is 0 Å². The molecule has 0 bridgehead atoms. The summed E-state index contributed by atoms with van der Waals surface area (Å²) < 4.78 is 1.94. The lowest BCUT2D eigenvalue weighted by atomic mass is 10.1. The number of thioether (sulfide) groups is 1. The Labute approximate surface area is 144 Å². The van der Waals surface area contributed by atoms with Crippen molar-refractivity contribution in [1.82, 2.24) is 20.0 Å². The van der Waals surface area contributed by atoms with E-state index in [1.165, 1.54) is 17.0 Å². The second kappa shape index (κ2) is 8.08. The Bertz CT molecular complexity index is 549. The maximum atomic E-state index is 4.91. The molecule has 6 heteroatoms. The number of aromatic nitrogens is 2. The van der Waals surface area contributed by atoms with Gasteiger partial charge in [-0.2, -0.15) is 16.9 Å². The van der Waals surface area contributed by atoms with Gasteiger partial charge in [-0.25, -0.2) is 4.99 Å². The number of hydrogen-bond donors (Lipinski definition) is 1. The number of nitrogens with one attached hydrogen (secondary N) is 1. The lowest BCUT2D eigenvalue weighted by Gasteiger charge is -2.36. The number of nitrogens with zero attached hydrogens (tertiary/aromatic N) is 4. The number of hydrogen-bond acceptors (Lipinski definition) is 3. The lowest BCUT2D eigenvalue weighted by Crippen LogP contribution is -2.49. The summed E-state index contributed by atoms with van der Waals surface area (Å²) in [5, 5.41) is 8.65. The highest BCUT2D eigenvalue weighted by Gasteiger charge is 2.25. The second-order valence-electron chi connectivity index (χ2n) is 6.54. The van der Waals surface area contributed by atoms with Gasteiger partial charge in [0.15, 0.2) is 5.96 Å². The topological polar surface area (TPSA) is 45.5 Å². The lowest BCUT2D eigenvalue weighted by molar-refractivity contribution is 0.381. The molecule has 2 rings (SSSR count). The van der Waals surface area contributed by atoms with Gasteiger partial charge in [0.25, 0.3) is 0 Å². The van der Waals surface area contributed by atoms with E-state index < -0.39 is 0 Å². The first-order chi connectivity index (χ1) is 10.9. The van der Waals surface area contributed by atoms with E-state index in [2.05, 4.69) is 61.7 Å². The van der Waals surface area contributed by atoms with Crippen LogP contribution < -0.4 is 5.32 Å². The van der Waals surface area contributed by atoms with Gasteiger partial charge in [-0.05, 0) is 26.7 Å². The molecule has 0 saturated carbocycles. The third-order valence-corrected chi connectivity index (χ3v) is 6.06. The van der Waals surface area contributed by atoms with Gasteiger partial charge in [0.1, 0.15) is 0 Å². The average molecular weight is 338 g/mol. The van der Waals surface area contributed by atoms with Crippen molar-refractivity contribution < 1.29 is 0 Å². The van der Waals surface area contributed by atoms with Gasteiger partial charge in [0, 0.05) is 48.9 Å². The fourth-order valence-electron chi connectivity index (χ4n) is 2.90. The monoisotopic (exact) mass is 337 g/mol. The van der Waals surface area contributed by atoms with Crippen molar-refractivity contribution >= 4 is 17.7 Å². The van der Waals surface area contributed by atoms with Crippen LogP contribution in [0.4, 0.5) is 0 Å². The molecule has 1 aromatic rings. The summed E-state index contributed by atoms with van der Waals surface area (Å²) in [5.74, 6) is 2.92. The Morgan fingerprint density at radius 1 is 1.43 bits per heavy atom. The Hall–Kier alpha value is -1.17. The molecule has 1 aromatic heterocycles. The molecule has 0 radical (unpaired) electrons. The van der Waals surface area contributed by atoms with Gasteiger partial charge in [-0.3, -0.25) is 4.68 Å². The highest BCUT2D eigenvalue weighted by Crippen LogP contribution is 2.25. The first kappa shape index (κ1) is 18.2. The summed E-state index contributed by atoms with van der Waals surface area (Å²) in [6, 6.07) is 0. The molecular weight excluding hydrogens is 306 g/mol. The van der Waals surface area contributed by atoms with E-state index in [1.54, 1.807) is 0 Å². The molecule has 1 atom stereocenters. The number of rotatable bonds is 4. The summed E-state index contributed by atoms with van der Waals surface area (Å²) in [5.41, 5.74) is 3.53. The molecule has 0 amide bonds. The van der Waals surface area contributed by atoms with Crippen molar-refractivity contribution in [2.75, 3.05) is 25.4 Å². The van der Waals surface area contributed by atoms with E-state index >= 15 is 0 Å². The molecule has 23 heavy (non-hydrogen) atoms. The Balaban J connectivity index is 2.13. The third kappa shape index (κ3) is 4.43. The van der Waals surface area contributed by atoms with Crippen LogP contribution in [-0.4, -0.2) is 51.3 Å². The molecule has 2 heterocycles. The third-order valence-electron chi connectivity index (χ3n) is 4.52. The van der Waals surface area contributed by atoms with Crippen LogP contribution in [0.25, 0.3) is 0 Å². The van der Waals surface area contributed by atoms with Crippen LogP contribution in [0.3, 0.4) is 0 Å². The molecular formula is C17H31N5S. The molecule has 1 N–H and O–H groups in total. The van der Waals surface area contributed by atoms with Crippen LogP contribution in [0.15, 0.2) is 4.99 Å². The van der Waals surface area contributed by atoms with E-state index in [-0.39, 0.29) is 0 Å². The average Bonchev–Trinajstić information content (AvgIpc) is 2.77. The van der Waals surface area contributed by atoms with E-state index in [0.29, 0.717) is 17.7 Å². The standard InChI is InChI=1S/C17H31N5S/c1-7-18-17(22-8-9-23-16(11-22)12(2)3)19-10-15-13(4)20-21(6)14(15)5/h12,16H,7-11H2,1-6H3,(H,18,19). The minimum absolute atomic E-state index is 0.689. The largest absolute Gasteiger partial charge is 0.357 e. The van der Waals surface area contributed by atoms with Gasteiger partial charge in [-0.15, -0.1) is 0 Å². The summed E-state index contributed by atoms with van der Waals surface area (Å²) in [6.07, 6.45) is 0. The van der Waals surface area contributed by atoms with E-state index in [9.17, 15) is 0 Å². The fraction of sp³-hybridized carbons (Fsp3) is 0.765. The molecule has 0 aromatic carbocycles. The van der Waals surface area contributed by atoms with Crippen molar-refractivity contribution in [3.05, 3.63) is 17.0 Å².